The molecule has 0 heterocycles. The molecule has 0 fully saturated rings. The summed E-state index contributed by atoms with van der Waals surface area (Å²) in [5.41, 5.74) is -4.77. The van der Waals surface area contributed by atoms with E-state index >= 15 is 0 Å². The monoisotopic (exact) mass is 428 g/mol. The predicted octanol–water partition coefficient (Wildman–Crippen LogP) is 4.05. The zero-order valence-corrected chi connectivity index (χ0v) is 16.5. The number of rotatable bonds is 5. The van der Waals surface area contributed by atoms with Crippen molar-refractivity contribution in [3.05, 3.63) is 71.5 Å². The Morgan fingerprint density at radius 1 is 1.03 bits per heavy atom. The number of aliphatic hydroxyl groups is 1. The standard InChI is InChI=1S/C20H20F4N2O2S/c1-18(12-19(2,28)20(22,23)24,14-10-6-7-11-15(14)21)26-17(29)25-16(27)13-8-4-3-5-9-13/h3-11,28H,12H2,1-2H3,(H2,25,26,27,29)/t18-,19-/m0/s1. The van der Waals surface area contributed by atoms with Crippen LogP contribution in [0.5, 0.6) is 0 Å². The largest absolute Gasteiger partial charge is 0.416 e. The van der Waals surface area contributed by atoms with Gasteiger partial charge in [0.2, 0.25) is 0 Å². The van der Waals surface area contributed by atoms with Crippen LogP contribution in [0.1, 0.15) is 36.2 Å². The van der Waals surface area contributed by atoms with Gasteiger partial charge >= 0.3 is 6.18 Å². The van der Waals surface area contributed by atoms with Crippen molar-refractivity contribution in [3.63, 3.8) is 0 Å². The van der Waals surface area contributed by atoms with Crippen LogP contribution in [0.2, 0.25) is 0 Å². The van der Waals surface area contributed by atoms with Crippen molar-refractivity contribution in [1.29, 1.82) is 0 Å². The molecular weight excluding hydrogens is 408 g/mol. The second-order valence-corrected chi connectivity index (χ2v) is 7.44. The average molecular weight is 428 g/mol. The van der Waals surface area contributed by atoms with E-state index in [1.54, 1.807) is 18.2 Å². The fourth-order valence-corrected chi connectivity index (χ4v) is 3.27. The number of thiocarbonyl (C=S) groups is 1. The van der Waals surface area contributed by atoms with E-state index in [0.717, 1.165) is 6.07 Å². The average Bonchev–Trinajstić information content (AvgIpc) is 2.61. The van der Waals surface area contributed by atoms with Crippen LogP contribution in [0.15, 0.2) is 54.6 Å². The van der Waals surface area contributed by atoms with Crippen molar-refractivity contribution < 1.29 is 27.5 Å². The van der Waals surface area contributed by atoms with E-state index in [1.165, 1.54) is 37.3 Å². The van der Waals surface area contributed by atoms with E-state index in [9.17, 15) is 27.5 Å². The maximum Gasteiger partial charge on any atom is 0.416 e. The van der Waals surface area contributed by atoms with Gasteiger partial charge < -0.3 is 10.4 Å². The summed E-state index contributed by atoms with van der Waals surface area (Å²) in [6.45, 7) is 1.87. The maximum absolute atomic E-state index is 14.4. The molecule has 2 atom stereocenters. The number of carbonyl (C=O) groups excluding carboxylic acids is 1. The third kappa shape index (κ3) is 5.51. The van der Waals surface area contributed by atoms with Crippen LogP contribution in [0.3, 0.4) is 0 Å². The number of benzene rings is 2. The second-order valence-electron chi connectivity index (χ2n) is 7.03. The number of carbonyl (C=O) groups is 1. The quantitative estimate of drug-likeness (QED) is 0.497. The van der Waals surface area contributed by atoms with Crippen LogP contribution < -0.4 is 10.6 Å². The smallest absolute Gasteiger partial charge is 0.381 e. The van der Waals surface area contributed by atoms with Crippen molar-refractivity contribution >= 4 is 23.2 Å². The summed E-state index contributed by atoms with van der Waals surface area (Å²) in [6, 6.07) is 13.2. The lowest BCUT2D eigenvalue weighted by molar-refractivity contribution is -0.260. The lowest BCUT2D eigenvalue weighted by Gasteiger charge is -2.39. The fourth-order valence-electron chi connectivity index (χ4n) is 2.95. The van der Waals surface area contributed by atoms with E-state index in [2.05, 4.69) is 10.6 Å². The fraction of sp³-hybridized carbons (Fsp3) is 0.300. The Morgan fingerprint density at radius 2 is 1.59 bits per heavy atom. The maximum atomic E-state index is 14.4. The Morgan fingerprint density at radius 3 is 2.14 bits per heavy atom. The van der Waals surface area contributed by atoms with Gasteiger partial charge in [-0.2, -0.15) is 13.2 Å². The molecule has 2 aromatic rings. The molecule has 29 heavy (non-hydrogen) atoms. The molecule has 0 bridgehead atoms. The van der Waals surface area contributed by atoms with E-state index < -0.39 is 35.5 Å². The molecule has 0 saturated carbocycles. The number of alkyl halides is 3. The molecule has 2 aromatic carbocycles. The van der Waals surface area contributed by atoms with Crippen LogP contribution in [0, 0.1) is 5.82 Å². The number of amides is 1. The minimum absolute atomic E-state index is 0.138. The number of halogens is 4. The van der Waals surface area contributed by atoms with Gasteiger partial charge in [-0.25, -0.2) is 4.39 Å². The van der Waals surface area contributed by atoms with E-state index in [4.69, 9.17) is 12.2 Å². The molecule has 0 radical (unpaired) electrons. The summed E-state index contributed by atoms with van der Waals surface area (Å²) in [6.07, 6.45) is -5.91. The SMILES string of the molecule is C[C@](O)(C[C@](C)(NC(=S)NC(=O)c1ccccc1)c1ccccc1F)C(F)(F)F. The molecule has 2 rings (SSSR count). The first-order chi connectivity index (χ1) is 13.4. The summed E-state index contributed by atoms with van der Waals surface area (Å²) in [7, 11) is 0. The Labute approximate surface area is 170 Å². The molecule has 0 aliphatic rings. The van der Waals surface area contributed by atoms with Crippen LogP contribution in [-0.2, 0) is 5.54 Å². The topological polar surface area (TPSA) is 61.4 Å². The summed E-state index contributed by atoms with van der Waals surface area (Å²) >= 11 is 5.08. The molecule has 0 aliphatic heterocycles. The first kappa shape index (κ1) is 22.8. The van der Waals surface area contributed by atoms with Crippen LogP contribution >= 0.6 is 12.2 Å². The van der Waals surface area contributed by atoms with Crippen molar-refractivity contribution in [2.24, 2.45) is 0 Å². The van der Waals surface area contributed by atoms with Crippen molar-refractivity contribution in [2.75, 3.05) is 0 Å². The Hall–Kier alpha value is -2.52. The minimum Gasteiger partial charge on any atom is -0.381 e. The van der Waals surface area contributed by atoms with E-state index in [-0.39, 0.29) is 16.2 Å². The third-order valence-electron chi connectivity index (χ3n) is 4.43. The normalized spacial score (nSPS) is 15.7. The second kappa shape index (κ2) is 8.46. The zero-order chi connectivity index (χ0) is 21.9. The summed E-state index contributed by atoms with van der Waals surface area (Å²) < 4.78 is 54.2. The molecule has 0 saturated heterocycles. The lowest BCUT2D eigenvalue weighted by Crippen LogP contribution is -2.56. The lowest BCUT2D eigenvalue weighted by atomic mass is 9.80. The molecule has 0 unspecified atom stereocenters. The van der Waals surface area contributed by atoms with Crippen molar-refractivity contribution in [1.82, 2.24) is 10.6 Å². The van der Waals surface area contributed by atoms with Gasteiger partial charge in [0.25, 0.3) is 5.91 Å². The molecule has 1 amide bonds. The van der Waals surface area contributed by atoms with Gasteiger partial charge in [-0.3, -0.25) is 10.1 Å². The van der Waals surface area contributed by atoms with Crippen LogP contribution in [0.25, 0.3) is 0 Å². The van der Waals surface area contributed by atoms with E-state index in [0.29, 0.717) is 6.92 Å². The van der Waals surface area contributed by atoms with Gasteiger partial charge in [0.05, 0.1) is 5.54 Å². The highest BCUT2D eigenvalue weighted by molar-refractivity contribution is 7.80. The van der Waals surface area contributed by atoms with Crippen molar-refractivity contribution in [2.45, 2.75) is 37.6 Å². The van der Waals surface area contributed by atoms with Gasteiger partial charge in [-0.05, 0) is 44.3 Å². The van der Waals surface area contributed by atoms with Gasteiger partial charge in [0.15, 0.2) is 10.7 Å². The number of hydrogen-bond acceptors (Lipinski definition) is 3. The Bertz CT molecular complexity index is 888. The molecule has 156 valence electrons. The predicted molar refractivity (Wildman–Crippen MR) is 105 cm³/mol. The van der Waals surface area contributed by atoms with Gasteiger partial charge in [0.1, 0.15) is 5.82 Å². The highest BCUT2D eigenvalue weighted by Gasteiger charge is 2.54. The first-order valence-corrected chi connectivity index (χ1v) is 8.99. The highest BCUT2D eigenvalue weighted by Crippen LogP contribution is 2.40. The van der Waals surface area contributed by atoms with Crippen LogP contribution in [0.4, 0.5) is 17.6 Å². The minimum atomic E-state index is -4.96. The Kier molecular flexibility index (Phi) is 6.64. The van der Waals surface area contributed by atoms with Gasteiger partial charge in [0, 0.05) is 17.5 Å². The summed E-state index contributed by atoms with van der Waals surface area (Å²) in [5, 5.41) is 14.6. The molecule has 0 aliphatic carbocycles. The highest BCUT2D eigenvalue weighted by atomic mass is 32.1. The van der Waals surface area contributed by atoms with Crippen LogP contribution in [-0.4, -0.2) is 27.9 Å². The first-order valence-electron chi connectivity index (χ1n) is 8.58. The molecule has 9 heteroatoms. The van der Waals surface area contributed by atoms with Gasteiger partial charge in [-0.15, -0.1) is 0 Å². The Balaban J connectivity index is 2.32. The molecular formula is C20H20F4N2O2S. The summed E-state index contributed by atoms with van der Waals surface area (Å²) in [5.74, 6) is -1.36. The third-order valence-corrected chi connectivity index (χ3v) is 4.63. The van der Waals surface area contributed by atoms with Crippen molar-refractivity contribution in [3.8, 4) is 0 Å². The number of nitrogens with one attached hydrogen (secondary N) is 2. The number of hydrogen-bond donors (Lipinski definition) is 3. The molecule has 0 aromatic heterocycles. The van der Waals surface area contributed by atoms with Gasteiger partial charge in [-0.1, -0.05) is 36.4 Å². The molecule has 4 nitrogen and oxygen atoms in total. The summed E-state index contributed by atoms with van der Waals surface area (Å²) in [4.78, 5) is 12.2. The zero-order valence-electron chi connectivity index (χ0n) is 15.7. The molecule has 3 N–H and O–H groups in total. The molecule has 0 spiro atoms. The van der Waals surface area contributed by atoms with E-state index in [1.807, 2.05) is 0 Å².